The molecule has 3 rings (SSSR count). The van der Waals surface area contributed by atoms with E-state index in [0.29, 0.717) is 16.9 Å². The second-order valence-corrected chi connectivity index (χ2v) is 6.93. The molecule has 1 heterocycles. The summed E-state index contributed by atoms with van der Waals surface area (Å²) in [6.45, 7) is 1.63. The van der Waals surface area contributed by atoms with E-state index in [1.807, 2.05) is 6.07 Å². The molecule has 0 spiro atoms. The van der Waals surface area contributed by atoms with Crippen LogP contribution < -0.4 is 4.74 Å². The van der Waals surface area contributed by atoms with Gasteiger partial charge in [-0.05, 0) is 18.1 Å². The van der Waals surface area contributed by atoms with Crippen molar-refractivity contribution in [3.8, 4) is 16.9 Å². The molecule has 150 valence electrons. The van der Waals surface area contributed by atoms with Crippen molar-refractivity contribution in [1.82, 2.24) is 0 Å². The van der Waals surface area contributed by atoms with Gasteiger partial charge in [-0.3, -0.25) is 4.79 Å². The molecular weight excluding hydrogens is 364 g/mol. The third kappa shape index (κ3) is 3.88. The average molecular weight is 388 g/mol. The lowest BCUT2D eigenvalue weighted by atomic mass is 9.89. The molecule has 0 amide bonds. The SMILES string of the molecule is COc1c(-c2ccc(CC(=O)O)cc2)cccc1[C@H]1O[C@@H](C)[C@@H](O)[C@@H](O)[C@@H]1O. The molecule has 7 heteroatoms. The lowest BCUT2D eigenvalue weighted by molar-refractivity contribution is -0.219. The molecule has 0 saturated carbocycles. The number of hydrogen-bond donors (Lipinski definition) is 4. The van der Waals surface area contributed by atoms with Crippen molar-refractivity contribution in [2.45, 2.75) is 43.9 Å². The summed E-state index contributed by atoms with van der Waals surface area (Å²) in [4.78, 5) is 10.9. The largest absolute Gasteiger partial charge is 0.496 e. The van der Waals surface area contributed by atoms with Crippen LogP contribution in [0, 0.1) is 0 Å². The van der Waals surface area contributed by atoms with Gasteiger partial charge in [-0.2, -0.15) is 0 Å². The number of aliphatic carboxylic acids is 1. The summed E-state index contributed by atoms with van der Waals surface area (Å²) in [7, 11) is 1.51. The van der Waals surface area contributed by atoms with Crippen molar-refractivity contribution in [2.24, 2.45) is 0 Å². The van der Waals surface area contributed by atoms with E-state index in [2.05, 4.69) is 0 Å². The molecule has 0 aliphatic carbocycles. The van der Waals surface area contributed by atoms with Gasteiger partial charge in [0.1, 0.15) is 30.2 Å². The fourth-order valence-corrected chi connectivity index (χ4v) is 3.52. The van der Waals surface area contributed by atoms with Gasteiger partial charge in [0, 0.05) is 11.1 Å². The van der Waals surface area contributed by atoms with E-state index in [0.717, 1.165) is 11.1 Å². The van der Waals surface area contributed by atoms with Crippen LogP contribution in [0.1, 0.15) is 24.2 Å². The van der Waals surface area contributed by atoms with E-state index in [1.54, 1.807) is 43.3 Å². The van der Waals surface area contributed by atoms with Crippen LogP contribution in [0.3, 0.4) is 0 Å². The van der Waals surface area contributed by atoms with Gasteiger partial charge in [0.05, 0.1) is 19.6 Å². The van der Waals surface area contributed by atoms with Gasteiger partial charge in [0.25, 0.3) is 0 Å². The van der Waals surface area contributed by atoms with E-state index < -0.39 is 36.5 Å². The Morgan fingerprint density at radius 1 is 1.04 bits per heavy atom. The number of hydrogen-bond acceptors (Lipinski definition) is 6. The van der Waals surface area contributed by atoms with Crippen LogP contribution in [-0.2, 0) is 16.0 Å². The topological polar surface area (TPSA) is 116 Å². The quantitative estimate of drug-likeness (QED) is 0.614. The van der Waals surface area contributed by atoms with Crippen molar-refractivity contribution >= 4 is 5.97 Å². The molecule has 4 N–H and O–H groups in total. The first kappa shape index (κ1) is 20.3. The molecule has 0 aromatic heterocycles. The number of methoxy groups -OCH3 is 1. The second kappa shape index (κ2) is 8.28. The summed E-state index contributed by atoms with van der Waals surface area (Å²) < 4.78 is 11.4. The summed E-state index contributed by atoms with van der Waals surface area (Å²) in [5, 5.41) is 39.4. The Balaban J connectivity index is 1.98. The zero-order chi connectivity index (χ0) is 20.4. The Hall–Kier alpha value is -2.45. The van der Waals surface area contributed by atoms with Crippen LogP contribution in [0.4, 0.5) is 0 Å². The zero-order valence-corrected chi connectivity index (χ0v) is 15.6. The zero-order valence-electron chi connectivity index (χ0n) is 15.6. The first-order valence-electron chi connectivity index (χ1n) is 9.01. The lowest BCUT2D eigenvalue weighted by Crippen LogP contribution is -2.53. The number of aliphatic hydroxyl groups excluding tert-OH is 3. The molecule has 0 radical (unpaired) electrons. The molecule has 2 aromatic rings. The van der Waals surface area contributed by atoms with E-state index in [-0.39, 0.29) is 6.42 Å². The molecule has 1 aliphatic rings. The lowest BCUT2D eigenvalue weighted by Gasteiger charge is -2.40. The first-order valence-corrected chi connectivity index (χ1v) is 9.01. The Morgan fingerprint density at radius 2 is 1.71 bits per heavy atom. The molecular formula is C21H24O7. The van der Waals surface area contributed by atoms with Crippen LogP contribution in [0.2, 0.25) is 0 Å². The normalized spacial score (nSPS) is 27.4. The van der Waals surface area contributed by atoms with Crippen molar-refractivity contribution < 1.29 is 34.7 Å². The Bertz CT molecular complexity index is 833. The van der Waals surface area contributed by atoms with Crippen molar-refractivity contribution in [2.75, 3.05) is 7.11 Å². The summed E-state index contributed by atoms with van der Waals surface area (Å²) in [6.07, 6.45) is -5.41. The summed E-state index contributed by atoms with van der Waals surface area (Å²) in [5.41, 5.74) is 2.79. The van der Waals surface area contributed by atoms with Crippen molar-refractivity contribution in [3.05, 3.63) is 53.6 Å². The number of carboxylic acids is 1. The summed E-state index contributed by atoms with van der Waals surface area (Å²) >= 11 is 0. The monoisotopic (exact) mass is 388 g/mol. The molecule has 1 aliphatic heterocycles. The van der Waals surface area contributed by atoms with Crippen LogP contribution in [0.25, 0.3) is 11.1 Å². The second-order valence-electron chi connectivity index (χ2n) is 6.93. The van der Waals surface area contributed by atoms with Crippen LogP contribution in [0.15, 0.2) is 42.5 Å². The van der Waals surface area contributed by atoms with Crippen LogP contribution in [0.5, 0.6) is 5.75 Å². The predicted octanol–water partition coefficient (Wildman–Crippen LogP) is 1.53. The van der Waals surface area contributed by atoms with Gasteiger partial charge < -0.3 is 29.9 Å². The smallest absolute Gasteiger partial charge is 0.307 e. The van der Waals surface area contributed by atoms with E-state index >= 15 is 0 Å². The molecule has 28 heavy (non-hydrogen) atoms. The number of para-hydroxylation sites is 1. The summed E-state index contributed by atoms with van der Waals surface area (Å²) in [6, 6.07) is 12.5. The number of carboxylic acid groups (broad SMARTS) is 1. The highest BCUT2D eigenvalue weighted by Crippen LogP contribution is 2.41. The molecule has 1 fully saturated rings. The average Bonchev–Trinajstić information content (AvgIpc) is 2.68. The Kier molecular flexibility index (Phi) is 6.00. The van der Waals surface area contributed by atoms with Gasteiger partial charge in [0.2, 0.25) is 0 Å². The molecule has 2 aromatic carbocycles. The molecule has 0 unspecified atom stereocenters. The number of carbonyl (C=O) groups is 1. The first-order chi connectivity index (χ1) is 13.3. The maximum Gasteiger partial charge on any atom is 0.307 e. The molecule has 1 saturated heterocycles. The van der Waals surface area contributed by atoms with E-state index in [1.165, 1.54) is 7.11 Å². The number of rotatable bonds is 5. The van der Waals surface area contributed by atoms with Gasteiger partial charge in [-0.1, -0.05) is 42.5 Å². The predicted molar refractivity (Wildman–Crippen MR) is 101 cm³/mol. The number of ether oxygens (including phenoxy) is 2. The highest BCUT2D eigenvalue weighted by molar-refractivity contribution is 5.74. The third-order valence-corrected chi connectivity index (χ3v) is 5.03. The fraction of sp³-hybridized carbons (Fsp3) is 0.381. The minimum atomic E-state index is -1.34. The van der Waals surface area contributed by atoms with Crippen molar-refractivity contribution in [3.63, 3.8) is 0 Å². The minimum Gasteiger partial charge on any atom is -0.496 e. The van der Waals surface area contributed by atoms with Gasteiger partial charge in [-0.15, -0.1) is 0 Å². The molecule has 0 bridgehead atoms. The highest BCUT2D eigenvalue weighted by Gasteiger charge is 2.43. The minimum absolute atomic E-state index is 0.0579. The van der Waals surface area contributed by atoms with Crippen LogP contribution in [-0.4, -0.2) is 57.9 Å². The third-order valence-electron chi connectivity index (χ3n) is 5.03. The molecule has 5 atom stereocenters. The number of benzene rings is 2. The highest BCUT2D eigenvalue weighted by atomic mass is 16.5. The van der Waals surface area contributed by atoms with E-state index in [9.17, 15) is 20.1 Å². The maximum atomic E-state index is 10.9. The van der Waals surface area contributed by atoms with Crippen molar-refractivity contribution in [1.29, 1.82) is 0 Å². The van der Waals surface area contributed by atoms with Crippen LogP contribution >= 0.6 is 0 Å². The maximum absolute atomic E-state index is 10.9. The summed E-state index contributed by atoms with van der Waals surface area (Å²) in [5.74, 6) is -0.418. The number of aliphatic hydroxyl groups is 3. The fourth-order valence-electron chi connectivity index (χ4n) is 3.52. The Morgan fingerprint density at radius 3 is 2.32 bits per heavy atom. The van der Waals surface area contributed by atoms with Gasteiger partial charge >= 0.3 is 5.97 Å². The Labute approximate surface area is 162 Å². The standard InChI is InChI=1S/C21H24O7/c1-11-17(24)18(25)19(26)21(28-11)15-5-3-4-14(20(15)27-2)13-8-6-12(7-9-13)10-16(22)23/h3-9,11,17-19,21,24-26H,10H2,1-2H3,(H,22,23)/t11-,17+,18+,19-,21+/m0/s1. The van der Waals surface area contributed by atoms with Gasteiger partial charge in [-0.25, -0.2) is 0 Å². The van der Waals surface area contributed by atoms with E-state index in [4.69, 9.17) is 14.6 Å². The molecule has 7 nitrogen and oxygen atoms in total. The van der Waals surface area contributed by atoms with Gasteiger partial charge in [0.15, 0.2) is 0 Å².